The van der Waals surface area contributed by atoms with Crippen LogP contribution in [0.25, 0.3) is 17.1 Å². The highest BCUT2D eigenvalue weighted by Crippen LogP contribution is 2.37. The largest absolute Gasteiger partial charge is 0.452 e. The molecule has 0 atom stereocenters. The zero-order valence-electron chi connectivity index (χ0n) is 25.1. The number of amides is 3. The molecule has 2 saturated heterocycles. The van der Waals surface area contributed by atoms with Gasteiger partial charge in [0.15, 0.2) is 5.76 Å². The van der Waals surface area contributed by atoms with Crippen LogP contribution in [0.2, 0.25) is 0 Å². The van der Waals surface area contributed by atoms with E-state index in [0.717, 1.165) is 74.4 Å². The first-order valence-corrected chi connectivity index (χ1v) is 14.7. The van der Waals surface area contributed by atoms with Gasteiger partial charge in [-0.15, -0.1) is 0 Å². The van der Waals surface area contributed by atoms with Gasteiger partial charge in [-0.1, -0.05) is 0 Å². The molecule has 3 aliphatic rings. The van der Waals surface area contributed by atoms with Gasteiger partial charge in [-0.25, -0.2) is 14.8 Å². The van der Waals surface area contributed by atoms with Crippen molar-refractivity contribution < 1.29 is 19.1 Å². The van der Waals surface area contributed by atoms with Crippen LogP contribution in [0.15, 0.2) is 42.4 Å². The maximum atomic E-state index is 13.5. The minimum absolute atomic E-state index is 0.0289. The first-order valence-electron chi connectivity index (χ1n) is 14.7. The fourth-order valence-electron chi connectivity index (χ4n) is 6.05. The number of ether oxygens (including phenoxy) is 1. The van der Waals surface area contributed by atoms with E-state index in [1.165, 1.54) is 0 Å². The number of carbonyl (C=O) groups is 3. The van der Waals surface area contributed by atoms with Crippen LogP contribution >= 0.6 is 0 Å². The van der Waals surface area contributed by atoms with Crippen LogP contribution in [0.3, 0.4) is 0 Å². The summed E-state index contributed by atoms with van der Waals surface area (Å²) >= 11 is 0. The summed E-state index contributed by atoms with van der Waals surface area (Å²) in [4.78, 5) is 49.3. The fourth-order valence-corrected chi connectivity index (χ4v) is 6.05. The summed E-state index contributed by atoms with van der Waals surface area (Å²) in [5, 5.41) is 5.65. The first-order chi connectivity index (χ1) is 20.7. The third-order valence-electron chi connectivity index (χ3n) is 8.47. The number of rotatable bonds is 5. The maximum Gasteiger partial charge on any atom is 0.333 e. The van der Waals surface area contributed by atoms with Gasteiger partial charge in [0.2, 0.25) is 11.7 Å². The number of ketones is 1. The van der Waals surface area contributed by atoms with E-state index in [4.69, 9.17) is 4.74 Å². The molecule has 5 heterocycles. The molecule has 3 aromatic rings. The number of nitrogens with one attached hydrogen (secondary N) is 2. The number of nitrogens with zero attached hydrogens (tertiary/aromatic N) is 6. The number of likely N-dealkylation sites (N-methyl/N-ethyl adjacent to an activating group) is 1. The van der Waals surface area contributed by atoms with E-state index in [9.17, 15) is 14.4 Å². The molecule has 12 heteroatoms. The number of benzene rings is 1. The lowest BCUT2D eigenvalue weighted by Crippen LogP contribution is -2.53. The number of hydrogen-bond donors (Lipinski definition) is 2. The average Bonchev–Trinajstić information content (AvgIpc) is 3.49. The average molecular weight is 587 g/mol. The molecule has 0 saturated carbocycles. The molecule has 0 unspecified atom stereocenters. The van der Waals surface area contributed by atoms with E-state index in [0.29, 0.717) is 17.0 Å². The fraction of sp³-hybridized carbons (Fsp3) is 0.419. The highest BCUT2D eigenvalue weighted by atomic mass is 16.5. The summed E-state index contributed by atoms with van der Waals surface area (Å²) in [5.41, 5.74) is 6.43. The van der Waals surface area contributed by atoms with Crippen molar-refractivity contribution in [2.45, 2.75) is 12.8 Å². The monoisotopic (exact) mass is 586 g/mol. The standard InChI is InChI=1S/C31H38N8O4/c1-35(2)30(41)20-8-11-38(12-9-20)24-7-10-32-29-27(24)21(19-37(29)4)17-26-28(40)23-18-22(5-6-25(23)43-26)33-31(42)34-39-15-13-36(3)14-16-39/h5-7,10,17-20H,8-9,11-16H2,1-4H3,(H2,33,34,42). The lowest BCUT2D eigenvalue weighted by atomic mass is 9.95. The Balaban J connectivity index is 1.20. The molecule has 3 amide bonds. The van der Waals surface area contributed by atoms with Crippen molar-refractivity contribution in [1.82, 2.24) is 29.8 Å². The van der Waals surface area contributed by atoms with Crippen molar-refractivity contribution in [1.29, 1.82) is 0 Å². The van der Waals surface area contributed by atoms with Crippen molar-refractivity contribution in [2.75, 3.05) is 70.6 Å². The number of fused-ring (bicyclic) bond motifs is 2. The molecule has 43 heavy (non-hydrogen) atoms. The second-order valence-corrected chi connectivity index (χ2v) is 11.7. The number of allylic oxidation sites excluding steroid dienone is 1. The Bertz CT molecular complexity index is 1600. The number of piperidine rings is 1. The molecular formula is C31H38N8O4. The van der Waals surface area contributed by atoms with Gasteiger partial charge in [0.05, 0.1) is 5.56 Å². The molecule has 226 valence electrons. The smallest absolute Gasteiger partial charge is 0.333 e. The Labute approximate surface area is 250 Å². The summed E-state index contributed by atoms with van der Waals surface area (Å²) in [5.74, 6) is 0.624. The van der Waals surface area contributed by atoms with E-state index in [-0.39, 0.29) is 29.4 Å². The van der Waals surface area contributed by atoms with E-state index in [2.05, 4.69) is 32.6 Å². The van der Waals surface area contributed by atoms with Gasteiger partial charge < -0.3 is 29.3 Å². The van der Waals surface area contributed by atoms with Crippen molar-refractivity contribution in [2.24, 2.45) is 13.0 Å². The van der Waals surface area contributed by atoms with Crippen LogP contribution in [0.1, 0.15) is 28.8 Å². The predicted molar refractivity (Wildman–Crippen MR) is 165 cm³/mol. The molecule has 12 nitrogen and oxygen atoms in total. The van der Waals surface area contributed by atoms with E-state index in [1.54, 1.807) is 49.5 Å². The maximum absolute atomic E-state index is 13.5. The second-order valence-electron chi connectivity index (χ2n) is 11.7. The summed E-state index contributed by atoms with van der Waals surface area (Å²) in [6, 6.07) is 6.72. The molecule has 2 fully saturated rings. The summed E-state index contributed by atoms with van der Waals surface area (Å²) in [6.45, 7) is 4.76. The van der Waals surface area contributed by atoms with Crippen LogP contribution < -0.4 is 20.4 Å². The number of urea groups is 1. The van der Waals surface area contributed by atoms with Gasteiger partial charge in [0.1, 0.15) is 11.4 Å². The number of pyridine rings is 1. The molecule has 0 aliphatic carbocycles. The van der Waals surface area contributed by atoms with Crippen LogP contribution in [-0.2, 0) is 11.8 Å². The number of aromatic nitrogens is 2. The number of anilines is 2. The van der Waals surface area contributed by atoms with Gasteiger partial charge >= 0.3 is 6.03 Å². The van der Waals surface area contributed by atoms with Gasteiger partial charge in [-0.3, -0.25) is 15.0 Å². The van der Waals surface area contributed by atoms with E-state index in [1.807, 2.05) is 28.9 Å². The Hall–Kier alpha value is -4.42. The zero-order valence-corrected chi connectivity index (χ0v) is 25.1. The number of hydrogen-bond acceptors (Lipinski definition) is 8. The second kappa shape index (κ2) is 11.7. The van der Waals surface area contributed by atoms with Gasteiger partial charge in [-0.2, -0.15) is 0 Å². The first kappa shape index (κ1) is 28.7. The molecular weight excluding hydrogens is 548 g/mol. The number of Topliss-reactive ketones (excluding diaryl/α,β-unsaturated/α-hetero) is 1. The molecule has 0 spiro atoms. The van der Waals surface area contributed by atoms with Crippen LogP contribution in [0.5, 0.6) is 5.75 Å². The lowest BCUT2D eigenvalue weighted by Gasteiger charge is -2.34. The van der Waals surface area contributed by atoms with Crippen molar-refractivity contribution >= 4 is 46.2 Å². The van der Waals surface area contributed by atoms with Crippen molar-refractivity contribution in [3.05, 3.63) is 53.5 Å². The van der Waals surface area contributed by atoms with E-state index >= 15 is 0 Å². The SMILES string of the molecule is CN1CCN(NC(=O)Nc2ccc3c(c2)C(=O)C(=Cc2cn(C)c4nccc(N5CCC(C(=O)N(C)C)CC5)c24)O3)CC1. The highest BCUT2D eigenvalue weighted by Gasteiger charge is 2.30. The van der Waals surface area contributed by atoms with Gasteiger partial charge in [-0.05, 0) is 50.2 Å². The molecule has 2 N–H and O–H groups in total. The third kappa shape index (κ3) is 5.80. The van der Waals surface area contributed by atoms with Crippen molar-refractivity contribution in [3.63, 3.8) is 0 Å². The minimum Gasteiger partial charge on any atom is -0.452 e. The van der Waals surface area contributed by atoms with Crippen LogP contribution in [0, 0.1) is 5.92 Å². The minimum atomic E-state index is -0.350. The Kier molecular flexibility index (Phi) is 7.80. The van der Waals surface area contributed by atoms with Crippen LogP contribution in [-0.4, -0.2) is 102 Å². The molecule has 2 aromatic heterocycles. The predicted octanol–water partition coefficient (Wildman–Crippen LogP) is 2.78. The van der Waals surface area contributed by atoms with E-state index < -0.39 is 0 Å². The number of hydrazine groups is 1. The highest BCUT2D eigenvalue weighted by molar-refractivity contribution is 6.16. The van der Waals surface area contributed by atoms with Crippen LogP contribution in [0.4, 0.5) is 16.2 Å². The summed E-state index contributed by atoms with van der Waals surface area (Å²) < 4.78 is 7.95. The number of aryl methyl sites for hydroxylation is 1. The topological polar surface area (TPSA) is 115 Å². The molecule has 6 rings (SSSR count). The third-order valence-corrected chi connectivity index (χ3v) is 8.47. The zero-order chi connectivity index (χ0) is 30.2. The molecule has 1 aromatic carbocycles. The normalized spacial score (nSPS) is 19.0. The van der Waals surface area contributed by atoms with Gasteiger partial charge in [0, 0.05) is 101 Å². The number of carbonyl (C=O) groups excluding carboxylic acids is 3. The van der Waals surface area contributed by atoms with Gasteiger partial charge in [0.25, 0.3) is 0 Å². The number of piperazine rings is 1. The Morgan fingerprint density at radius 3 is 2.51 bits per heavy atom. The lowest BCUT2D eigenvalue weighted by molar-refractivity contribution is -0.133. The summed E-state index contributed by atoms with van der Waals surface area (Å²) in [7, 11) is 7.60. The Morgan fingerprint density at radius 2 is 1.79 bits per heavy atom. The van der Waals surface area contributed by atoms with Crippen molar-refractivity contribution in [3.8, 4) is 5.75 Å². The summed E-state index contributed by atoms with van der Waals surface area (Å²) in [6.07, 6.45) is 7.08. The molecule has 0 radical (unpaired) electrons. The Morgan fingerprint density at radius 1 is 1.05 bits per heavy atom. The molecule has 3 aliphatic heterocycles. The quantitative estimate of drug-likeness (QED) is 0.439. The molecule has 0 bridgehead atoms.